The number of cyclic esters (lactones) is 1. The first-order valence-corrected chi connectivity index (χ1v) is 10.4. The van der Waals surface area contributed by atoms with E-state index in [0.29, 0.717) is 23.6 Å². The molecule has 31 heavy (non-hydrogen) atoms. The van der Waals surface area contributed by atoms with Gasteiger partial charge in [0.25, 0.3) is 5.91 Å². The quantitative estimate of drug-likeness (QED) is 0.712. The lowest BCUT2D eigenvalue weighted by Crippen LogP contribution is -2.36. The summed E-state index contributed by atoms with van der Waals surface area (Å²) >= 11 is 6.05. The topological polar surface area (TPSA) is 79.0 Å². The zero-order valence-corrected chi connectivity index (χ0v) is 18.6. The molecule has 2 unspecified atom stereocenters. The van der Waals surface area contributed by atoms with Gasteiger partial charge in [-0.2, -0.15) is 0 Å². The van der Waals surface area contributed by atoms with Gasteiger partial charge >= 0.3 is 6.09 Å². The Morgan fingerprint density at radius 2 is 1.94 bits per heavy atom. The molecule has 164 valence electrons. The number of ether oxygens (including phenoxy) is 1. The van der Waals surface area contributed by atoms with E-state index in [1.807, 2.05) is 37.3 Å². The van der Waals surface area contributed by atoms with Gasteiger partial charge in [0, 0.05) is 30.7 Å². The molecule has 0 spiro atoms. The Kier molecular flexibility index (Phi) is 7.17. The van der Waals surface area contributed by atoms with Crippen LogP contribution in [0, 0.1) is 0 Å². The van der Waals surface area contributed by atoms with E-state index in [0.717, 1.165) is 11.1 Å². The number of hydrogen-bond donors (Lipinski definition) is 1. The average molecular weight is 444 g/mol. The Morgan fingerprint density at radius 3 is 2.58 bits per heavy atom. The highest BCUT2D eigenvalue weighted by molar-refractivity contribution is 6.30. The second kappa shape index (κ2) is 9.83. The van der Waals surface area contributed by atoms with Crippen LogP contribution < -0.4 is 5.32 Å². The molecule has 8 heteroatoms. The minimum atomic E-state index is -0.348. The molecular formula is C23H26ClN3O4. The summed E-state index contributed by atoms with van der Waals surface area (Å²) in [5.74, 6) is -0.477. The van der Waals surface area contributed by atoms with Crippen molar-refractivity contribution >= 4 is 29.5 Å². The molecule has 2 aromatic carbocycles. The largest absolute Gasteiger partial charge is 0.439 e. The number of nitrogens with one attached hydrogen (secondary N) is 1. The number of rotatable bonds is 7. The third-order valence-electron chi connectivity index (χ3n) is 5.24. The number of carbonyl (C=O) groups is 3. The van der Waals surface area contributed by atoms with E-state index in [-0.39, 0.29) is 36.6 Å². The van der Waals surface area contributed by atoms with Crippen LogP contribution in [0.25, 0.3) is 0 Å². The van der Waals surface area contributed by atoms with Crippen LogP contribution in [0.5, 0.6) is 0 Å². The van der Waals surface area contributed by atoms with E-state index >= 15 is 0 Å². The fourth-order valence-electron chi connectivity index (χ4n) is 3.38. The summed E-state index contributed by atoms with van der Waals surface area (Å²) in [4.78, 5) is 39.3. The first kappa shape index (κ1) is 22.6. The van der Waals surface area contributed by atoms with Crippen LogP contribution in [-0.4, -0.2) is 60.9 Å². The van der Waals surface area contributed by atoms with Crippen LogP contribution in [0.15, 0.2) is 48.5 Å². The van der Waals surface area contributed by atoms with E-state index < -0.39 is 0 Å². The Hall–Kier alpha value is -3.06. The van der Waals surface area contributed by atoms with Crippen molar-refractivity contribution < 1.29 is 19.1 Å². The number of amides is 3. The van der Waals surface area contributed by atoms with E-state index in [2.05, 4.69) is 5.32 Å². The maximum absolute atomic E-state index is 12.4. The van der Waals surface area contributed by atoms with Crippen molar-refractivity contribution in [3.05, 3.63) is 70.2 Å². The van der Waals surface area contributed by atoms with Gasteiger partial charge in [-0.15, -0.1) is 0 Å². The predicted molar refractivity (Wildman–Crippen MR) is 118 cm³/mol. The Balaban J connectivity index is 1.56. The molecule has 0 aliphatic carbocycles. The zero-order valence-electron chi connectivity index (χ0n) is 17.8. The molecule has 1 aliphatic rings. The van der Waals surface area contributed by atoms with Crippen molar-refractivity contribution in [2.45, 2.75) is 25.5 Å². The van der Waals surface area contributed by atoms with Crippen LogP contribution in [0.2, 0.25) is 5.02 Å². The first-order valence-electron chi connectivity index (χ1n) is 10.0. The SMILES string of the molecule is CC(Cc1ccc(C(=O)NCC(=O)N(C)C)cc1)N1CC(c2cccc(Cl)c2)OC1=O. The maximum Gasteiger partial charge on any atom is 0.410 e. The van der Waals surface area contributed by atoms with E-state index in [4.69, 9.17) is 16.3 Å². The van der Waals surface area contributed by atoms with Crippen molar-refractivity contribution in [2.75, 3.05) is 27.2 Å². The Labute approximate surface area is 186 Å². The fraction of sp³-hybridized carbons (Fsp3) is 0.348. The number of halogens is 1. The lowest BCUT2D eigenvalue weighted by Gasteiger charge is -2.22. The lowest BCUT2D eigenvalue weighted by atomic mass is 10.0. The van der Waals surface area contributed by atoms with Crippen molar-refractivity contribution in [1.29, 1.82) is 0 Å². The monoisotopic (exact) mass is 443 g/mol. The highest BCUT2D eigenvalue weighted by atomic mass is 35.5. The third kappa shape index (κ3) is 5.76. The van der Waals surface area contributed by atoms with Gasteiger partial charge in [0.15, 0.2) is 0 Å². The molecular weight excluding hydrogens is 418 g/mol. The van der Waals surface area contributed by atoms with Gasteiger partial charge in [0.2, 0.25) is 5.91 Å². The normalized spacial score (nSPS) is 16.6. The molecule has 0 radical (unpaired) electrons. The molecule has 2 aromatic rings. The highest BCUT2D eigenvalue weighted by Gasteiger charge is 2.35. The van der Waals surface area contributed by atoms with Gasteiger partial charge in [0.05, 0.1) is 13.1 Å². The molecule has 0 saturated carbocycles. The van der Waals surface area contributed by atoms with Crippen LogP contribution in [0.3, 0.4) is 0 Å². The standard InChI is InChI=1S/C23H26ClN3O4/c1-15(27-14-20(31-23(27)30)18-5-4-6-19(24)12-18)11-16-7-9-17(10-8-16)22(29)25-13-21(28)26(2)3/h4-10,12,15,20H,11,13-14H2,1-3H3,(H,25,29). The minimum absolute atomic E-state index is 0.0461. The summed E-state index contributed by atoms with van der Waals surface area (Å²) < 4.78 is 5.53. The molecule has 1 saturated heterocycles. The van der Waals surface area contributed by atoms with Crippen LogP contribution in [0.4, 0.5) is 4.79 Å². The number of nitrogens with zero attached hydrogens (tertiary/aromatic N) is 2. The number of hydrogen-bond acceptors (Lipinski definition) is 4. The van der Waals surface area contributed by atoms with Gasteiger partial charge < -0.3 is 19.9 Å². The van der Waals surface area contributed by atoms with Gasteiger partial charge in [-0.25, -0.2) is 4.79 Å². The molecule has 1 N–H and O–H groups in total. The lowest BCUT2D eigenvalue weighted by molar-refractivity contribution is -0.127. The van der Waals surface area contributed by atoms with Crippen LogP contribution in [-0.2, 0) is 16.0 Å². The van der Waals surface area contributed by atoms with E-state index in [9.17, 15) is 14.4 Å². The predicted octanol–water partition coefficient (Wildman–Crippen LogP) is 3.28. The Bertz CT molecular complexity index is 962. The van der Waals surface area contributed by atoms with Crippen molar-refractivity contribution in [2.24, 2.45) is 0 Å². The van der Waals surface area contributed by atoms with Crippen LogP contribution in [0.1, 0.15) is 34.5 Å². The molecule has 7 nitrogen and oxygen atoms in total. The smallest absolute Gasteiger partial charge is 0.410 e. The van der Waals surface area contributed by atoms with Gasteiger partial charge in [-0.1, -0.05) is 35.9 Å². The molecule has 1 heterocycles. The molecule has 3 amide bonds. The average Bonchev–Trinajstić information content (AvgIpc) is 3.14. The van der Waals surface area contributed by atoms with E-state index in [1.165, 1.54) is 4.90 Å². The summed E-state index contributed by atoms with van der Waals surface area (Å²) in [5.41, 5.74) is 2.34. The molecule has 1 aliphatic heterocycles. The summed E-state index contributed by atoms with van der Waals surface area (Å²) in [6.07, 6.45) is -0.0677. The maximum atomic E-state index is 12.4. The second-order valence-corrected chi connectivity index (χ2v) is 8.24. The fourth-order valence-corrected chi connectivity index (χ4v) is 3.58. The first-order chi connectivity index (χ1) is 14.7. The molecule has 0 aromatic heterocycles. The molecule has 1 fully saturated rings. The summed E-state index contributed by atoms with van der Waals surface area (Å²) in [6.45, 7) is 2.38. The van der Waals surface area contributed by atoms with Gasteiger partial charge in [-0.3, -0.25) is 9.59 Å². The minimum Gasteiger partial charge on any atom is -0.439 e. The van der Waals surface area contributed by atoms with Gasteiger partial charge in [-0.05, 0) is 48.7 Å². The zero-order chi connectivity index (χ0) is 22.5. The van der Waals surface area contributed by atoms with Crippen molar-refractivity contribution in [3.63, 3.8) is 0 Å². The molecule has 0 bridgehead atoms. The highest BCUT2D eigenvalue weighted by Crippen LogP contribution is 2.29. The second-order valence-electron chi connectivity index (χ2n) is 7.80. The summed E-state index contributed by atoms with van der Waals surface area (Å²) in [5, 5.41) is 3.21. The Morgan fingerprint density at radius 1 is 1.23 bits per heavy atom. The summed E-state index contributed by atoms with van der Waals surface area (Å²) in [6, 6.07) is 14.4. The number of benzene rings is 2. The van der Waals surface area contributed by atoms with Crippen molar-refractivity contribution in [3.8, 4) is 0 Å². The van der Waals surface area contributed by atoms with E-state index in [1.54, 1.807) is 37.2 Å². The summed E-state index contributed by atoms with van der Waals surface area (Å²) in [7, 11) is 3.27. The number of carbonyl (C=O) groups excluding carboxylic acids is 3. The molecule has 3 rings (SSSR count). The van der Waals surface area contributed by atoms with Crippen molar-refractivity contribution in [1.82, 2.24) is 15.1 Å². The number of likely N-dealkylation sites (N-methyl/N-ethyl adjacent to an activating group) is 1. The van der Waals surface area contributed by atoms with Gasteiger partial charge in [0.1, 0.15) is 6.10 Å². The molecule has 2 atom stereocenters. The third-order valence-corrected chi connectivity index (χ3v) is 5.47. The van der Waals surface area contributed by atoms with Crippen LogP contribution >= 0.6 is 11.6 Å².